The molecule has 0 heterocycles. The molecule has 5 heteroatoms. The third kappa shape index (κ3) is 4.12. The third-order valence-corrected chi connectivity index (χ3v) is 3.63. The zero-order valence-corrected chi connectivity index (χ0v) is 10.6. The van der Waals surface area contributed by atoms with Crippen molar-refractivity contribution in [2.24, 2.45) is 5.73 Å². The van der Waals surface area contributed by atoms with Gasteiger partial charge in [-0.05, 0) is 17.7 Å². The van der Waals surface area contributed by atoms with Crippen LogP contribution in [0.2, 0.25) is 0 Å². The first kappa shape index (κ1) is 13.0. The number of aliphatic hydroxyl groups is 2. The molecular formula is C10H14BrNO2S. The molecule has 0 amide bonds. The van der Waals surface area contributed by atoms with Crippen LogP contribution in [-0.2, 0) is 6.54 Å². The summed E-state index contributed by atoms with van der Waals surface area (Å²) in [6.07, 6.45) is -0.681. The molecule has 0 aromatic heterocycles. The lowest BCUT2D eigenvalue weighted by Gasteiger charge is -2.10. The van der Waals surface area contributed by atoms with Crippen molar-refractivity contribution in [1.82, 2.24) is 0 Å². The van der Waals surface area contributed by atoms with Gasteiger partial charge in [-0.2, -0.15) is 0 Å². The van der Waals surface area contributed by atoms with Crippen molar-refractivity contribution >= 4 is 27.7 Å². The summed E-state index contributed by atoms with van der Waals surface area (Å²) >= 11 is 4.88. The molecule has 1 rings (SSSR count). The second-order valence-electron chi connectivity index (χ2n) is 3.10. The average molecular weight is 292 g/mol. The molecule has 0 aliphatic heterocycles. The molecular weight excluding hydrogens is 278 g/mol. The van der Waals surface area contributed by atoms with Crippen LogP contribution in [0.25, 0.3) is 0 Å². The lowest BCUT2D eigenvalue weighted by Crippen LogP contribution is -2.14. The third-order valence-electron chi connectivity index (χ3n) is 1.89. The standard InChI is InChI=1S/C10H14BrNO2S/c11-8-2-1-7(4-12)10(3-8)15-6-9(14)5-13/h1-3,9,13-14H,4-6,12H2. The van der Waals surface area contributed by atoms with Gasteiger partial charge >= 0.3 is 0 Å². The molecule has 0 saturated carbocycles. The van der Waals surface area contributed by atoms with Gasteiger partial charge in [0.25, 0.3) is 0 Å². The Morgan fingerprint density at radius 1 is 1.47 bits per heavy atom. The van der Waals surface area contributed by atoms with E-state index in [1.165, 1.54) is 11.8 Å². The van der Waals surface area contributed by atoms with Gasteiger partial charge in [0.15, 0.2) is 0 Å². The summed E-state index contributed by atoms with van der Waals surface area (Å²) in [6.45, 7) is 0.268. The van der Waals surface area contributed by atoms with Crippen LogP contribution in [0.1, 0.15) is 5.56 Å². The Hall–Kier alpha value is -0.0700. The summed E-state index contributed by atoms with van der Waals surface area (Å²) in [5.41, 5.74) is 6.65. The van der Waals surface area contributed by atoms with Gasteiger partial charge in [0, 0.05) is 21.7 Å². The lowest BCUT2D eigenvalue weighted by molar-refractivity contribution is 0.113. The van der Waals surface area contributed by atoms with E-state index in [9.17, 15) is 5.11 Å². The van der Waals surface area contributed by atoms with Crippen molar-refractivity contribution in [1.29, 1.82) is 0 Å². The van der Waals surface area contributed by atoms with Crippen LogP contribution in [-0.4, -0.2) is 28.7 Å². The van der Waals surface area contributed by atoms with Gasteiger partial charge in [-0.25, -0.2) is 0 Å². The molecule has 0 fully saturated rings. The predicted octanol–water partition coefficient (Wildman–Crippen LogP) is 1.35. The minimum absolute atomic E-state index is 0.209. The summed E-state index contributed by atoms with van der Waals surface area (Å²) in [5, 5.41) is 17.9. The van der Waals surface area contributed by atoms with Crippen molar-refractivity contribution in [3.63, 3.8) is 0 Å². The van der Waals surface area contributed by atoms with E-state index < -0.39 is 6.10 Å². The molecule has 1 aromatic carbocycles. The monoisotopic (exact) mass is 291 g/mol. The molecule has 0 aliphatic carbocycles. The van der Waals surface area contributed by atoms with Crippen LogP contribution in [0.3, 0.4) is 0 Å². The van der Waals surface area contributed by atoms with E-state index in [4.69, 9.17) is 10.8 Å². The summed E-state index contributed by atoms with van der Waals surface area (Å²) < 4.78 is 0.987. The zero-order chi connectivity index (χ0) is 11.3. The minimum Gasteiger partial charge on any atom is -0.394 e. The van der Waals surface area contributed by atoms with Crippen LogP contribution < -0.4 is 5.73 Å². The summed E-state index contributed by atoms with van der Waals surface area (Å²) in [6, 6.07) is 5.86. The van der Waals surface area contributed by atoms with Crippen molar-refractivity contribution in [3.05, 3.63) is 28.2 Å². The highest BCUT2D eigenvalue weighted by atomic mass is 79.9. The number of nitrogens with two attached hydrogens (primary N) is 1. The van der Waals surface area contributed by atoms with E-state index in [1.807, 2.05) is 18.2 Å². The summed E-state index contributed by atoms with van der Waals surface area (Å²) in [5.74, 6) is 0.472. The molecule has 0 aliphatic rings. The Balaban J connectivity index is 2.69. The topological polar surface area (TPSA) is 66.5 Å². The average Bonchev–Trinajstić information content (AvgIpc) is 2.26. The number of halogens is 1. The Kier molecular flexibility index (Phi) is 5.63. The highest BCUT2D eigenvalue weighted by molar-refractivity contribution is 9.10. The van der Waals surface area contributed by atoms with E-state index in [1.54, 1.807) is 0 Å². The molecule has 0 saturated heterocycles. The first-order valence-electron chi connectivity index (χ1n) is 4.57. The fraction of sp³-hybridized carbons (Fsp3) is 0.400. The maximum Gasteiger partial charge on any atom is 0.0864 e. The molecule has 4 N–H and O–H groups in total. The maximum atomic E-state index is 9.24. The molecule has 0 spiro atoms. The second-order valence-corrected chi connectivity index (χ2v) is 5.08. The molecule has 15 heavy (non-hydrogen) atoms. The van der Waals surface area contributed by atoms with Crippen molar-refractivity contribution < 1.29 is 10.2 Å². The smallest absolute Gasteiger partial charge is 0.0864 e. The van der Waals surface area contributed by atoms with Crippen LogP contribution in [0, 0.1) is 0 Å². The number of benzene rings is 1. The molecule has 0 radical (unpaired) electrons. The Morgan fingerprint density at radius 3 is 2.80 bits per heavy atom. The lowest BCUT2D eigenvalue weighted by atomic mass is 10.2. The molecule has 1 atom stereocenters. The molecule has 1 unspecified atom stereocenters. The SMILES string of the molecule is NCc1ccc(Br)cc1SCC(O)CO. The minimum atomic E-state index is -0.681. The normalized spacial score (nSPS) is 12.8. The molecule has 1 aromatic rings. The highest BCUT2D eigenvalue weighted by Crippen LogP contribution is 2.26. The quantitative estimate of drug-likeness (QED) is 0.717. The first-order chi connectivity index (χ1) is 7.17. The van der Waals surface area contributed by atoms with Crippen molar-refractivity contribution in [2.75, 3.05) is 12.4 Å². The fourth-order valence-electron chi connectivity index (χ4n) is 1.07. The Labute approximate surface area is 102 Å². The number of thioether (sulfide) groups is 1. The van der Waals surface area contributed by atoms with E-state index in [2.05, 4.69) is 15.9 Å². The van der Waals surface area contributed by atoms with Gasteiger partial charge < -0.3 is 15.9 Å². The first-order valence-corrected chi connectivity index (χ1v) is 6.35. The fourth-order valence-corrected chi connectivity index (χ4v) is 2.61. The van der Waals surface area contributed by atoms with Gasteiger partial charge in [0.2, 0.25) is 0 Å². The van der Waals surface area contributed by atoms with Crippen molar-refractivity contribution in [2.45, 2.75) is 17.5 Å². The van der Waals surface area contributed by atoms with E-state index in [-0.39, 0.29) is 6.61 Å². The number of hydrogen-bond acceptors (Lipinski definition) is 4. The second kappa shape index (κ2) is 6.50. The van der Waals surface area contributed by atoms with Gasteiger partial charge in [0.05, 0.1) is 12.7 Å². The Bertz CT molecular complexity index is 322. The van der Waals surface area contributed by atoms with E-state index >= 15 is 0 Å². The van der Waals surface area contributed by atoms with E-state index in [0.29, 0.717) is 12.3 Å². The van der Waals surface area contributed by atoms with Gasteiger partial charge in [0.1, 0.15) is 0 Å². The predicted molar refractivity (Wildman–Crippen MR) is 65.9 cm³/mol. The zero-order valence-electron chi connectivity index (χ0n) is 8.19. The summed E-state index contributed by atoms with van der Waals surface area (Å²) in [4.78, 5) is 1.04. The number of rotatable bonds is 5. The molecule has 84 valence electrons. The molecule has 3 nitrogen and oxygen atoms in total. The van der Waals surface area contributed by atoms with Crippen LogP contribution in [0.4, 0.5) is 0 Å². The highest BCUT2D eigenvalue weighted by Gasteiger charge is 2.06. The number of hydrogen-bond donors (Lipinski definition) is 3. The van der Waals surface area contributed by atoms with Gasteiger partial charge in [-0.15, -0.1) is 11.8 Å². The summed E-state index contributed by atoms with van der Waals surface area (Å²) in [7, 11) is 0. The van der Waals surface area contributed by atoms with Gasteiger partial charge in [-0.3, -0.25) is 0 Å². The maximum absolute atomic E-state index is 9.24. The van der Waals surface area contributed by atoms with Gasteiger partial charge in [-0.1, -0.05) is 22.0 Å². The number of aliphatic hydroxyl groups excluding tert-OH is 2. The Morgan fingerprint density at radius 2 is 2.20 bits per heavy atom. The van der Waals surface area contributed by atoms with Crippen LogP contribution in [0.5, 0.6) is 0 Å². The van der Waals surface area contributed by atoms with Crippen molar-refractivity contribution in [3.8, 4) is 0 Å². The van der Waals surface area contributed by atoms with Crippen LogP contribution >= 0.6 is 27.7 Å². The largest absolute Gasteiger partial charge is 0.394 e. The van der Waals surface area contributed by atoms with Crippen LogP contribution in [0.15, 0.2) is 27.6 Å². The molecule has 0 bridgehead atoms. The van der Waals surface area contributed by atoms with E-state index in [0.717, 1.165) is 14.9 Å².